The Balaban J connectivity index is 7.22. The van der Waals surface area contributed by atoms with Gasteiger partial charge in [-0.1, -0.05) is 55.4 Å². The molecule has 0 aromatic heterocycles. The molecule has 0 saturated heterocycles. The number of amides is 14. The SMILES string of the molecule is CCC(C)N(CC(=O)N(CC(=O)N(CC(=O)N(CC(=O)N(CC(=O)N(CC(=O)N(CC(=O)N(CC(N)=O)CC(C)O)CC(C)O)CC(C)O)CC(C)O)CC(C)O)CC(C)O)CC(C)O)C(=O)CN(C(=O)CN(C(=O)CN(C(=O)CN(C(=O)CN(C(=O)CNC(C)C)C(C)CC)C(C)CC)C(C)CC)C(C)CC)C(C)CC. The molecule has 0 aliphatic carbocycles. The van der Waals surface area contributed by atoms with Gasteiger partial charge in [-0.15, -0.1) is 0 Å². The van der Waals surface area contributed by atoms with E-state index in [0.29, 0.717) is 32.1 Å². The van der Waals surface area contributed by atoms with E-state index in [9.17, 15) is 103 Å². The van der Waals surface area contributed by atoms with Gasteiger partial charge >= 0.3 is 0 Å². The van der Waals surface area contributed by atoms with Crippen LogP contribution in [-0.4, -0.2) is 405 Å². The Morgan fingerprint density at radius 3 is 0.518 bits per heavy atom. The third kappa shape index (κ3) is 38.4. The summed E-state index contributed by atoms with van der Waals surface area (Å²) in [6, 6.07) is -3.04. The van der Waals surface area contributed by atoms with Gasteiger partial charge < -0.3 is 110 Å². The average Bonchev–Trinajstić information content (AvgIpc) is 0.838. The molecule has 0 radical (unpaired) electrons. The van der Waals surface area contributed by atoms with Crippen molar-refractivity contribution in [2.45, 2.75) is 269 Å². The molecule has 0 spiro atoms. The van der Waals surface area contributed by atoms with E-state index in [0.717, 1.165) is 34.3 Å². The Hall–Kier alpha value is -7.74. The summed E-state index contributed by atoms with van der Waals surface area (Å²) in [5, 5.41) is 76.7. The second kappa shape index (κ2) is 52.6. The number of aliphatic hydroxyl groups is 7. The van der Waals surface area contributed by atoms with Crippen LogP contribution in [0.1, 0.15) is 184 Å². The number of carbonyl (C=O) groups excluding carboxylic acids is 14. The molecule has 0 saturated carbocycles. The van der Waals surface area contributed by atoms with Crippen LogP contribution in [0, 0.1) is 0 Å². The molecule has 0 aliphatic rings. The number of aliphatic hydroxyl groups excluding tert-OH is 7. The van der Waals surface area contributed by atoms with Gasteiger partial charge in [-0.25, -0.2) is 0 Å². The molecule has 36 heteroatoms. The van der Waals surface area contributed by atoms with Crippen molar-refractivity contribution in [2.75, 3.05) is 137 Å². The quantitative estimate of drug-likeness (QED) is 0.0309. The van der Waals surface area contributed by atoms with Crippen molar-refractivity contribution < 1.29 is 103 Å². The largest absolute Gasteiger partial charge is 0.392 e. The van der Waals surface area contributed by atoms with Gasteiger partial charge in [-0.3, -0.25) is 67.1 Å². The fraction of sp³-hybridized carbons (Fsp3) is 0.816. The minimum absolute atomic E-state index is 0.0161. The Kier molecular flexibility index (Phi) is 49.0. The summed E-state index contributed by atoms with van der Waals surface area (Å²) < 4.78 is 0. The van der Waals surface area contributed by atoms with Crippen molar-refractivity contribution in [1.29, 1.82) is 0 Å². The highest BCUT2D eigenvalue weighted by atomic mass is 16.3. The lowest BCUT2D eigenvalue weighted by Crippen LogP contribution is -2.57. The Morgan fingerprint density at radius 2 is 0.375 bits per heavy atom. The molecule has 0 fully saturated rings. The zero-order valence-corrected chi connectivity index (χ0v) is 70.9. The summed E-state index contributed by atoms with van der Waals surface area (Å²) in [7, 11) is 0. The molecule has 0 bridgehead atoms. The summed E-state index contributed by atoms with van der Waals surface area (Å²) in [5.41, 5.74) is 5.32. The fourth-order valence-electron chi connectivity index (χ4n) is 11.9. The Labute approximate surface area is 664 Å². The predicted molar refractivity (Wildman–Crippen MR) is 419 cm³/mol. The van der Waals surface area contributed by atoms with Gasteiger partial charge in [-0.2, -0.15) is 0 Å². The average molecular weight is 1600 g/mol. The van der Waals surface area contributed by atoms with E-state index in [1.807, 2.05) is 48.5 Å². The minimum atomic E-state index is -1.33. The second-order valence-electron chi connectivity index (χ2n) is 30.5. The summed E-state index contributed by atoms with van der Waals surface area (Å²) in [6.07, 6.45) is -6.39. The van der Waals surface area contributed by atoms with Gasteiger partial charge in [0.2, 0.25) is 82.7 Å². The summed E-state index contributed by atoms with van der Waals surface area (Å²) in [4.78, 5) is 213. The maximum Gasteiger partial charge on any atom is 0.242 e. The first-order chi connectivity index (χ1) is 52.0. The van der Waals surface area contributed by atoms with Crippen LogP contribution in [0.4, 0.5) is 0 Å². The fourth-order valence-corrected chi connectivity index (χ4v) is 11.9. The first-order valence-corrected chi connectivity index (χ1v) is 39.5. The van der Waals surface area contributed by atoms with Crippen LogP contribution >= 0.6 is 0 Å². The van der Waals surface area contributed by atoms with Gasteiger partial charge in [0.1, 0.15) is 39.3 Å². The molecular weight excluding hydrogens is 1460 g/mol. The highest BCUT2D eigenvalue weighted by Crippen LogP contribution is 2.18. The normalized spacial score (nSPS) is 14.9. The smallest absolute Gasteiger partial charge is 0.242 e. The third-order valence-electron chi connectivity index (χ3n) is 19.3. The molecular formula is C76H141N15O21. The monoisotopic (exact) mass is 1600 g/mol. The lowest BCUT2D eigenvalue weighted by molar-refractivity contribution is -0.152. The van der Waals surface area contributed by atoms with Crippen LogP contribution in [0.5, 0.6) is 0 Å². The number of nitrogens with zero attached hydrogens (tertiary/aromatic N) is 13. The first-order valence-electron chi connectivity index (χ1n) is 39.5. The minimum Gasteiger partial charge on any atom is -0.392 e. The first kappa shape index (κ1) is 104. The van der Waals surface area contributed by atoms with Crippen molar-refractivity contribution in [3.05, 3.63) is 0 Å². The number of nitrogens with two attached hydrogens (primary N) is 1. The molecule has 0 aliphatic heterocycles. The summed E-state index contributed by atoms with van der Waals surface area (Å²) >= 11 is 0. The Morgan fingerprint density at radius 1 is 0.232 bits per heavy atom. The van der Waals surface area contributed by atoms with E-state index in [-0.39, 0.29) is 44.0 Å². The van der Waals surface area contributed by atoms with E-state index in [1.54, 1.807) is 48.5 Å². The number of hydrogen-bond acceptors (Lipinski definition) is 22. The standard InChI is InChI=1S/C76H141N15O21/c1-22-50(9)86(64(100)28-78-49(7)8)44-72(108)88(52(11)24-3)46-74(110)90(54(13)26-5)48-76(112)91(55(14)27-6)47-75(111)89(53(12)25-4)45-73(109)87(51(10)23-2)43-71(107)85(35-62(21)98)42-70(106)84(34-61(20)97)41-69(105)83(33-60(19)96)40-68(104)82(32-59(18)95)39-67(103)81(31-58(17)94)38-66(102)80(30-57(16)93)37-65(101)79(29-56(15)92)36-63(77)99/h49-62,78,92-98H,22-48H2,1-21H3,(H2,77,99). The van der Waals surface area contributed by atoms with Crippen molar-refractivity contribution in [3.8, 4) is 0 Å². The predicted octanol–water partition coefficient (Wildman–Crippen LogP) is -2.30. The molecule has 0 aromatic carbocycles. The van der Waals surface area contributed by atoms with Gasteiger partial charge in [0.05, 0.1) is 95.1 Å². The molecule has 14 amide bonds. The van der Waals surface area contributed by atoms with Gasteiger partial charge in [-0.05, 0) is 129 Å². The van der Waals surface area contributed by atoms with E-state index >= 15 is 0 Å². The van der Waals surface area contributed by atoms with E-state index in [4.69, 9.17) is 5.73 Å². The lowest BCUT2D eigenvalue weighted by atomic mass is 10.1. The number of rotatable bonds is 55. The molecule has 112 heavy (non-hydrogen) atoms. The maximum absolute atomic E-state index is 14.8. The van der Waals surface area contributed by atoms with Crippen LogP contribution in [0.3, 0.4) is 0 Å². The molecule has 0 heterocycles. The van der Waals surface area contributed by atoms with E-state index in [2.05, 4.69) is 5.32 Å². The van der Waals surface area contributed by atoms with Gasteiger partial charge in [0.25, 0.3) is 0 Å². The van der Waals surface area contributed by atoms with Crippen molar-refractivity contribution >= 4 is 82.7 Å². The number of carbonyl (C=O) groups is 14. The van der Waals surface area contributed by atoms with Crippen LogP contribution in [0.2, 0.25) is 0 Å². The molecule has 13 unspecified atom stereocenters. The molecule has 13 atom stereocenters. The van der Waals surface area contributed by atoms with E-state index < -0.39 is 268 Å². The zero-order chi connectivity index (χ0) is 86.5. The number of hydrogen-bond donors (Lipinski definition) is 9. The molecule has 0 aromatic rings. The molecule has 0 rings (SSSR count). The second-order valence-corrected chi connectivity index (χ2v) is 30.5. The highest BCUT2D eigenvalue weighted by Gasteiger charge is 2.38. The van der Waals surface area contributed by atoms with Crippen molar-refractivity contribution in [1.82, 2.24) is 69.0 Å². The van der Waals surface area contributed by atoms with E-state index in [1.165, 1.54) is 77.9 Å². The van der Waals surface area contributed by atoms with Gasteiger partial charge in [0, 0.05) is 88.1 Å². The lowest BCUT2D eigenvalue weighted by Gasteiger charge is -2.38. The Bertz CT molecular complexity index is 3000. The number of nitrogens with one attached hydrogen (secondary N) is 1. The summed E-state index contributed by atoms with van der Waals surface area (Å²) in [6.45, 7) is 22.4. The van der Waals surface area contributed by atoms with Crippen LogP contribution in [0.15, 0.2) is 0 Å². The summed E-state index contributed by atoms with van der Waals surface area (Å²) in [5.74, 6) is -10.6. The van der Waals surface area contributed by atoms with Crippen LogP contribution < -0.4 is 11.1 Å². The molecule has 646 valence electrons. The van der Waals surface area contributed by atoms with Crippen molar-refractivity contribution in [3.63, 3.8) is 0 Å². The van der Waals surface area contributed by atoms with Crippen LogP contribution in [-0.2, 0) is 67.1 Å². The molecule has 36 nitrogen and oxygen atoms in total. The number of primary amides is 1. The van der Waals surface area contributed by atoms with Gasteiger partial charge in [0.15, 0.2) is 0 Å². The van der Waals surface area contributed by atoms with Crippen LogP contribution in [0.25, 0.3) is 0 Å². The highest BCUT2D eigenvalue weighted by molar-refractivity contribution is 5.96. The maximum atomic E-state index is 14.8. The zero-order valence-electron chi connectivity index (χ0n) is 70.9. The third-order valence-corrected chi connectivity index (χ3v) is 19.3. The topological polar surface area (TPSA) is 461 Å². The van der Waals surface area contributed by atoms with Crippen molar-refractivity contribution in [2.24, 2.45) is 5.73 Å². The molecule has 10 N–H and O–H groups in total.